The smallest absolute Gasteiger partial charge is 0.302 e. The Hall–Kier alpha value is -0.860. The molecular weight excluding hydrogens is 300 g/mol. The molecule has 134 valence electrons. The number of carbonyl (C=O) groups excluding carboxylic acids is 2. The predicted octanol–water partition coefficient (Wildman–Crippen LogP) is 4.53. The predicted molar refractivity (Wildman–Crippen MR) is 92.3 cm³/mol. The summed E-state index contributed by atoms with van der Waals surface area (Å²) in [6, 6.07) is 0. The monoisotopic (exact) mass is 335 g/mol. The van der Waals surface area contributed by atoms with Crippen molar-refractivity contribution in [1.29, 1.82) is 0 Å². The summed E-state index contributed by atoms with van der Waals surface area (Å²) in [6.07, 6.45) is 7.00. The van der Waals surface area contributed by atoms with E-state index in [-0.39, 0.29) is 35.1 Å². The molecule has 0 bridgehead atoms. The molecule has 0 spiro atoms. The van der Waals surface area contributed by atoms with E-state index in [4.69, 9.17) is 8.85 Å². The molecule has 0 aliphatic heterocycles. The van der Waals surface area contributed by atoms with E-state index in [1.54, 1.807) is 0 Å². The summed E-state index contributed by atoms with van der Waals surface area (Å²) < 4.78 is 31.0. The molecule has 24 heavy (non-hydrogen) atoms. The molecule has 0 amide bonds. The Kier molecular flexibility index (Phi) is 3.10. The van der Waals surface area contributed by atoms with Crippen molar-refractivity contribution < 1.29 is 18.4 Å². The lowest BCUT2D eigenvalue weighted by Gasteiger charge is -2.60. The first-order valence-electron chi connectivity index (χ1n) is 11.3. The number of hydrogen-bond acceptors (Lipinski definition) is 3. The van der Waals surface area contributed by atoms with Crippen molar-refractivity contribution in [3.8, 4) is 0 Å². The van der Waals surface area contributed by atoms with Crippen LogP contribution in [0.15, 0.2) is 0 Å². The van der Waals surface area contributed by atoms with Gasteiger partial charge in [0.25, 0.3) is 0 Å². The molecule has 0 aromatic rings. The highest BCUT2D eigenvalue weighted by atomic mass is 16.5. The molecule has 0 saturated heterocycles. The van der Waals surface area contributed by atoms with Gasteiger partial charge in [-0.15, -0.1) is 0 Å². The number of fused-ring (bicyclic) bond motifs is 5. The number of Topliss-reactive ketones (excluding diaryl/α,β-unsaturated/α-hetero) is 1. The van der Waals surface area contributed by atoms with Crippen LogP contribution in [0.5, 0.6) is 0 Å². The normalized spacial score (nSPS) is 53.0. The Morgan fingerprint density at radius 1 is 1.12 bits per heavy atom. The molecule has 7 atom stereocenters. The molecule has 0 unspecified atom stereocenters. The van der Waals surface area contributed by atoms with E-state index in [0.717, 1.165) is 38.5 Å². The molecule has 4 saturated carbocycles. The SMILES string of the molecule is [2H]C([2H])([2H])[C@@]12CCC(=O)C[C@@H]1CC[C@@H]1[C@H]3CC[C@@H](OC(C)=O)[C@]3(C)CC[C@H]12. The number of rotatable bonds is 1. The van der Waals surface area contributed by atoms with Gasteiger partial charge in [-0.1, -0.05) is 13.8 Å². The topological polar surface area (TPSA) is 43.4 Å². The van der Waals surface area contributed by atoms with Crippen LogP contribution < -0.4 is 0 Å². The van der Waals surface area contributed by atoms with Gasteiger partial charge in [0.15, 0.2) is 0 Å². The molecule has 0 aromatic heterocycles. The average molecular weight is 336 g/mol. The van der Waals surface area contributed by atoms with Crippen molar-refractivity contribution in [2.45, 2.75) is 84.6 Å². The molecule has 4 aliphatic carbocycles. The van der Waals surface area contributed by atoms with Crippen molar-refractivity contribution >= 4 is 11.8 Å². The van der Waals surface area contributed by atoms with Crippen molar-refractivity contribution in [3.63, 3.8) is 0 Å². The zero-order valence-corrected chi connectivity index (χ0v) is 15.0. The van der Waals surface area contributed by atoms with Crippen LogP contribution in [0.3, 0.4) is 0 Å². The summed E-state index contributed by atoms with van der Waals surface area (Å²) in [5, 5.41) is 0. The summed E-state index contributed by atoms with van der Waals surface area (Å²) in [7, 11) is 0. The maximum Gasteiger partial charge on any atom is 0.302 e. The third kappa shape index (κ3) is 2.29. The first-order valence-corrected chi connectivity index (χ1v) is 9.78. The maximum absolute atomic E-state index is 12.1. The maximum atomic E-state index is 12.1. The zero-order valence-electron chi connectivity index (χ0n) is 18.0. The number of carbonyl (C=O) groups is 2. The van der Waals surface area contributed by atoms with Gasteiger partial charge in [-0.3, -0.25) is 9.59 Å². The fourth-order valence-electron chi connectivity index (χ4n) is 7.03. The van der Waals surface area contributed by atoms with Crippen LogP contribution >= 0.6 is 0 Å². The van der Waals surface area contributed by atoms with Gasteiger partial charge in [-0.05, 0) is 74.0 Å². The lowest BCUT2D eigenvalue weighted by molar-refractivity contribution is -0.162. The van der Waals surface area contributed by atoms with Crippen molar-refractivity contribution in [2.24, 2.45) is 34.5 Å². The van der Waals surface area contributed by atoms with Crippen LogP contribution in [0.2, 0.25) is 0 Å². The zero-order chi connectivity index (χ0) is 19.6. The lowest BCUT2D eigenvalue weighted by atomic mass is 9.45. The summed E-state index contributed by atoms with van der Waals surface area (Å²) >= 11 is 0. The van der Waals surface area contributed by atoms with Gasteiger partial charge in [-0.2, -0.15) is 0 Å². The molecule has 3 nitrogen and oxygen atoms in total. The quantitative estimate of drug-likeness (QED) is 0.661. The second-order valence-corrected chi connectivity index (χ2v) is 9.15. The van der Waals surface area contributed by atoms with Gasteiger partial charge >= 0.3 is 5.97 Å². The summed E-state index contributed by atoms with van der Waals surface area (Å²) in [5.41, 5.74) is -0.717. The fourth-order valence-corrected chi connectivity index (χ4v) is 7.03. The standard InChI is InChI=1S/C21H32O3/c1-13(22)24-19-7-6-17-16-5-4-14-12-15(23)8-10-20(14,2)18(16)9-11-21(17,19)3/h14,16-19H,4-12H2,1-3H3/t14-,16+,17+,18+,19+,20+,21+/m0/s1/i2D3. The Bertz CT molecular complexity index is 645. The largest absolute Gasteiger partial charge is 0.462 e. The number of ether oxygens (including phenoxy) is 1. The third-order valence-corrected chi connectivity index (χ3v) is 8.19. The molecule has 3 heteroatoms. The van der Waals surface area contributed by atoms with Crippen molar-refractivity contribution in [1.82, 2.24) is 0 Å². The lowest BCUT2D eigenvalue weighted by Crippen LogP contribution is -2.54. The highest BCUT2D eigenvalue weighted by Crippen LogP contribution is 2.66. The molecule has 0 radical (unpaired) electrons. The first kappa shape index (κ1) is 13.4. The molecule has 4 fully saturated rings. The van der Waals surface area contributed by atoms with E-state index in [2.05, 4.69) is 6.92 Å². The van der Waals surface area contributed by atoms with Gasteiger partial charge in [0.05, 0.1) is 0 Å². The summed E-state index contributed by atoms with van der Waals surface area (Å²) in [5.74, 6) is 1.04. The Balaban J connectivity index is 1.67. The number of ketones is 1. The van der Waals surface area contributed by atoms with Crippen LogP contribution in [-0.4, -0.2) is 17.9 Å². The third-order valence-electron chi connectivity index (χ3n) is 8.19. The van der Waals surface area contributed by atoms with Gasteiger partial charge in [0.1, 0.15) is 11.9 Å². The van der Waals surface area contributed by atoms with E-state index in [1.807, 2.05) is 0 Å². The van der Waals surface area contributed by atoms with E-state index >= 15 is 0 Å². The minimum absolute atomic E-state index is 0.0162. The van der Waals surface area contributed by atoms with Crippen LogP contribution in [-0.2, 0) is 14.3 Å². The van der Waals surface area contributed by atoms with Gasteiger partial charge in [0.2, 0.25) is 0 Å². The van der Waals surface area contributed by atoms with Crippen LogP contribution in [0, 0.1) is 34.5 Å². The van der Waals surface area contributed by atoms with Gasteiger partial charge in [0, 0.05) is 29.3 Å². The number of esters is 1. The highest BCUT2D eigenvalue weighted by molar-refractivity contribution is 5.79. The van der Waals surface area contributed by atoms with Gasteiger partial charge in [-0.25, -0.2) is 0 Å². The van der Waals surface area contributed by atoms with Crippen LogP contribution in [0.4, 0.5) is 0 Å². The second kappa shape index (κ2) is 5.57. The minimum atomic E-state index is -2.01. The molecular formula is C21H32O3. The highest BCUT2D eigenvalue weighted by Gasteiger charge is 2.60. The molecule has 4 rings (SSSR count). The van der Waals surface area contributed by atoms with E-state index in [1.165, 1.54) is 6.92 Å². The fraction of sp³-hybridized carbons (Fsp3) is 0.905. The Morgan fingerprint density at radius 2 is 1.92 bits per heavy atom. The molecule has 0 aromatic carbocycles. The molecule has 0 N–H and O–H groups in total. The second-order valence-electron chi connectivity index (χ2n) is 9.15. The summed E-state index contributed by atoms with van der Waals surface area (Å²) in [6.45, 7) is 1.73. The van der Waals surface area contributed by atoms with Crippen LogP contribution in [0.1, 0.15) is 82.6 Å². The number of hydrogen-bond donors (Lipinski definition) is 0. The van der Waals surface area contributed by atoms with Crippen molar-refractivity contribution in [3.05, 3.63) is 0 Å². The molecule has 0 heterocycles. The molecule has 4 aliphatic rings. The van der Waals surface area contributed by atoms with Crippen LogP contribution in [0.25, 0.3) is 0 Å². The van der Waals surface area contributed by atoms with E-state index < -0.39 is 12.3 Å². The minimum Gasteiger partial charge on any atom is -0.462 e. The summed E-state index contributed by atoms with van der Waals surface area (Å²) in [4.78, 5) is 23.7. The van der Waals surface area contributed by atoms with E-state index in [9.17, 15) is 9.59 Å². The Morgan fingerprint density at radius 3 is 2.67 bits per heavy atom. The first-order chi connectivity index (χ1) is 12.6. The Labute approximate surface area is 150 Å². The van der Waals surface area contributed by atoms with Gasteiger partial charge < -0.3 is 4.74 Å². The van der Waals surface area contributed by atoms with E-state index in [0.29, 0.717) is 31.1 Å². The average Bonchev–Trinajstić information content (AvgIpc) is 2.89. The van der Waals surface area contributed by atoms with Crippen molar-refractivity contribution in [2.75, 3.05) is 0 Å².